The Morgan fingerprint density at radius 1 is 1.16 bits per heavy atom. The van der Waals surface area contributed by atoms with Crippen LogP contribution in [0.1, 0.15) is 12.0 Å². The van der Waals surface area contributed by atoms with Crippen LogP contribution in [-0.2, 0) is 16.0 Å². The van der Waals surface area contributed by atoms with Crippen molar-refractivity contribution in [1.29, 1.82) is 0 Å². The summed E-state index contributed by atoms with van der Waals surface area (Å²) in [6, 6.07) is 7.02. The van der Waals surface area contributed by atoms with Gasteiger partial charge in [0, 0.05) is 51.1 Å². The maximum Gasteiger partial charge on any atom is 0.409 e. The van der Waals surface area contributed by atoms with Crippen LogP contribution in [0.4, 0.5) is 10.6 Å². The van der Waals surface area contributed by atoms with Crippen molar-refractivity contribution in [2.45, 2.75) is 18.9 Å². The van der Waals surface area contributed by atoms with Crippen molar-refractivity contribution in [3.05, 3.63) is 53.7 Å². The third-order valence-electron chi connectivity index (χ3n) is 6.38. The number of hydrogen-bond acceptors (Lipinski definition) is 9. The van der Waals surface area contributed by atoms with Gasteiger partial charge in [-0.1, -0.05) is 17.7 Å². The van der Waals surface area contributed by atoms with Crippen molar-refractivity contribution in [1.82, 2.24) is 29.7 Å². The first-order valence-electron chi connectivity index (χ1n) is 12.3. The average molecular weight is 542 g/mol. The molecule has 1 saturated heterocycles. The highest BCUT2D eigenvalue weighted by Crippen LogP contribution is 2.30. The average Bonchev–Trinajstić information content (AvgIpc) is 3.47. The second kappa shape index (κ2) is 11.5. The number of methoxy groups -OCH3 is 1. The van der Waals surface area contributed by atoms with Gasteiger partial charge < -0.3 is 29.3 Å². The zero-order valence-corrected chi connectivity index (χ0v) is 21.6. The lowest BCUT2D eigenvalue weighted by molar-refractivity contribution is -0.122. The summed E-state index contributed by atoms with van der Waals surface area (Å²) in [7, 11) is 1.33. The molecule has 1 aromatic carbocycles. The number of carbonyl (C=O) groups is 2. The Morgan fingerprint density at radius 2 is 2.00 bits per heavy atom. The van der Waals surface area contributed by atoms with Crippen LogP contribution in [0.3, 0.4) is 0 Å². The van der Waals surface area contributed by atoms with E-state index < -0.39 is 12.1 Å². The van der Waals surface area contributed by atoms with Gasteiger partial charge in [0.1, 0.15) is 30.5 Å². The van der Waals surface area contributed by atoms with Gasteiger partial charge in [0.15, 0.2) is 11.5 Å². The number of amides is 2. The Balaban J connectivity index is 1.22. The molecule has 2 aliphatic rings. The maximum absolute atomic E-state index is 12.9. The summed E-state index contributed by atoms with van der Waals surface area (Å²) in [6.45, 7) is 2.75. The van der Waals surface area contributed by atoms with Crippen molar-refractivity contribution >= 4 is 29.4 Å². The van der Waals surface area contributed by atoms with E-state index in [1.165, 1.54) is 7.11 Å². The van der Waals surface area contributed by atoms with Crippen LogP contribution in [0, 0.1) is 0 Å². The number of carbonyl (C=O) groups excluding carboxylic acids is 2. The summed E-state index contributed by atoms with van der Waals surface area (Å²) in [5.74, 6) is 2.27. The molecule has 38 heavy (non-hydrogen) atoms. The Labute approximate surface area is 224 Å². The molecule has 5 rings (SSSR count). The molecule has 0 aliphatic carbocycles. The van der Waals surface area contributed by atoms with E-state index in [2.05, 4.69) is 20.3 Å². The third kappa shape index (κ3) is 5.91. The van der Waals surface area contributed by atoms with Crippen LogP contribution >= 0.6 is 11.6 Å². The van der Waals surface area contributed by atoms with Gasteiger partial charge in [-0.05, 0) is 24.1 Å². The fraction of sp³-hybridized carbons (Fsp3) is 0.400. The molecule has 12 nitrogen and oxygen atoms in total. The summed E-state index contributed by atoms with van der Waals surface area (Å²) in [5, 5.41) is 3.24. The fourth-order valence-electron chi connectivity index (χ4n) is 4.52. The SMILES string of the molecule is COC(=O)N1CCN(c2cc(Cl)nc(-n3ccnc3)n2)CC1CC(=O)NCCc1ccc2c(c1)OCCO2. The third-order valence-corrected chi connectivity index (χ3v) is 6.58. The van der Waals surface area contributed by atoms with Crippen LogP contribution in [0.5, 0.6) is 11.5 Å². The molecule has 3 aromatic rings. The quantitative estimate of drug-likeness (QED) is 0.448. The number of fused-ring (bicyclic) bond motifs is 1. The smallest absolute Gasteiger partial charge is 0.409 e. The van der Waals surface area contributed by atoms with Crippen LogP contribution in [0.15, 0.2) is 43.0 Å². The number of benzene rings is 1. The highest BCUT2D eigenvalue weighted by molar-refractivity contribution is 6.29. The molecular formula is C25H28ClN7O5. The summed E-state index contributed by atoms with van der Waals surface area (Å²) < 4.78 is 17.8. The normalized spacial score (nSPS) is 16.7. The van der Waals surface area contributed by atoms with Gasteiger partial charge in [-0.25, -0.2) is 14.8 Å². The van der Waals surface area contributed by atoms with Crippen molar-refractivity contribution in [2.75, 3.05) is 51.4 Å². The van der Waals surface area contributed by atoms with Gasteiger partial charge in [-0.2, -0.15) is 4.98 Å². The number of imidazole rings is 1. The Bertz CT molecular complexity index is 1290. The molecule has 0 bridgehead atoms. The lowest BCUT2D eigenvalue weighted by Crippen LogP contribution is -2.56. The Morgan fingerprint density at radius 3 is 2.79 bits per heavy atom. The van der Waals surface area contributed by atoms with Crippen molar-refractivity contribution in [2.24, 2.45) is 0 Å². The molecule has 2 aromatic heterocycles. The monoisotopic (exact) mass is 541 g/mol. The first-order chi connectivity index (χ1) is 18.5. The van der Waals surface area contributed by atoms with Crippen molar-refractivity contribution < 1.29 is 23.8 Å². The van der Waals surface area contributed by atoms with Gasteiger partial charge in [0.25, 0.3) is 0 Å². The van der Waals surface area contributed by atoms with Gasteiger partial charge in [0.05, 0.1) is 13.2 Å². The zero-order chi connectivity index (χ0) is 26.5. The molecule has 1 unspecified atom stereocenters. The number of ether oxygens (including phenoxy) is 3. The maximum atomic E-state index is 12.9. The largest absolute Gasteiger partial charge is 0.486 e. The van der Waals surface area contributed by atoms with Crippen LogP contribution < -0.4 is 19.7 Å². The lowest BCUT2D eigenvalue weighted by atomic mass is 10.1. The first kappa shape index (κ1) is 25.6. The molecule has 0 saturated carbocycles. The predicted molar refractivity (Wildman–Crippen MR) is 138 cm³/mol. The van der Waals surface area contributed by atoms with E-state index in [1.54, 1.807) is 34.3 Å². The number of hydrogen-bond donors (Lipinski definition) is 1. The molecular weight excluding hydrogens is 514 g/mol. The molecule has 1 atom stereocenters. The van der Waals surface area contributed by atoms with Crippen LogP contribution in [0.2, 0.25) is 5.15 Å². The van der Waals surface area contributed by atoms with E-state index in [1.807, 2.05) is 23.1 Å². The number of nitrogens with one attached hydrogen (secondary N) is 1. The van der Waals surface area contributed by atoms with Gasteiger partial charge in [-0.3, -0.25) is 9.36 Å². The van der Waals surface area contributed by atoms with E-state index in [9.17, 15) is 9.59 Å². The van der Waals surface area contributed by atoms with Crippen LogP contribution in [0.25, 0.3) is 5.95 Å². The number of piperazine rings is 1. The molecule has 4 heterocycles. The number of aromatic nitrogens is 4. The molecule has 2 aliphatic heterocycles. The molecule has 13 heteroatoms. The van der Waals surface area contributed by atoms with Crippen molar-refractivity contribution in [3.8, 4) is 17.4 Å². The minimum Gasteiger partial charge on any atom is -0.486 e. The Hall–Kier alpha value is -4.06. The first-order valence-corrected chi connectivity index (χ1v) is 12.7. The van der Waals surface area contributed by atoms with Gasteiger partial charge in [-0.15, -0.1) is 0 Å². The molecule has 0 radical (unpaired) electrons. The lowest BCUT2D eigenvalue weighted by Gasteiger charge is -2.40. The number of rotatable bonds is 7. The van der Waals surface area contributed by atoms with Crippen molar-refractivity contribution in [3.63, 3.8) is 0 Å². The molecule has 1 N–H and O–H groups in total. The van der Waals surface area contributed by atoms with Gasteiger partial charge >= 0.3 is 6.09 Å². The topological polar surface area (TPSA) is 124 Å². The summed E-state index contributed by atoms with van der Waals surface area (Å²) in [5.41, 5.74) is 1.03. The standard InChI is InChI=1S/C25H28ClN7O5/c1-36-25(35)33-9-8-31(22-14-21(26)29-24(30-22)32-7-6-27-16-32)15-18(33)13-23(34)28-5-4-17-2-3-19-20(12-17)38-11-10-37-19/h2-3,6-7,12,14,16,18H,4-5,8-11,13,15H2,1H3,(H,28,34). The number of nitrogens with zero attached hydrogens (tertiary/aromatic N) is 6. The molecule has 0 spiro atoms. The molecule has 200 valence electrons. The molecule has 2 amide bonds. The summed E-state index contributed by atoms with van der Waals surface area (Å²) >= 11 is 6.28. The minimum atomic E-state index is -0.474. The van der Waals surface area contributed by atoms with Crippen LogP contribution in [-0.4, -0.2) is 89.0 Å². The van der Waals surface area contributed by atoms with E-state index in [-0.39, 0.29) is 17.5 Å². The second-order valence-electron chi connectivity index (χ2n) is 8.86. The summed E-state index contributed by atoms with van der Waals surface area (Å²) in [6.07, 6.45) is 5.21. The van der Waals surface area contributed by atoms with E-state index in [0.717, 1.165) is 17.1 Å². The minimum absolute atomic E-state index is 0.111. The molecule has 1 fully saturated rings. The second-order valence-corrected chi connectivity index (χ2v) is 9.25. The van der Waals surface area contributed by atoms with E-state index in [0.29, 0.717) is 57.6 Å². The van der Waals surface area contributed by atoms with E-state index in [4.69, 9.17) is 25.8 Å². The predicted octanol–water partition coefficient (Wildman–Crippen LogP) is 2.09. The highest BCUT2D eigenvalue weighted by Gasteiger charge is 2.33. The fourth-order valence-corrected chi connectivity index (χ4v) is 4.69. The number of halogens is 1. The number of anilines is 1. The van der Waals surface area contributed by atoms with Gasteiger partial charge in [0.2, 0.25) is 11.9 Å². The Kier molecular flexibility index (Phi) is 7.78. The van der Waals surface area contributed by atoms with E-state index >= 15 is 0 Å². The summed E-state index contributed by atoms with van der Waals surface area (Å²) in [4.78, 5) is 41.8. The highest BCUT2D eigenvalue weighted by atomic mass is 35.5. The zero-order valence-electron chi connectivity index (χ0n) is 20.9.